The number of rotatable bonds is 2. The molecule has 5 heteroatoms. The van der Waals surface area contributed by atoms with E-state index in [2.05, 4.69) is 55.4 Å². The lowest BCUT2D eigenvalue weighted by Crippen LogP contribution is -2.43. The molecule has 3 aromatic rings. The number of aromatic nitrogens is 2. The molecule has 1 aliphatic heterocycles. The average molecular weight is 369 g/mol. The number of nitrogens with zero attached hydrogens (tertiary/aromatic N) is 3. The van der Waals surface area contributed by atoms with Gasteiger partial charge in [-0.1, -0.05) is 18.2 Å². The molecule has 2 heterocycles. The maximum absolute atomic E-state index is 4.75. The van der Waals surface area contributed by atoms with Crippen LogP contribution < -0.4 is 10.2 Å². The van der Waals surface area contributed by atoms with E-state index in [9.17, 15) is 0 Å². The first-order chi connectivity index (χ1) is 11.3. The minimum absolute atomic E-state index is 0.899. The van der Waals surface area contributed by atoms with Crippen LogP contribution in [0.4, 0.5) is 5.69 Å². The molecule has 1 saturated heterocycles. The van der Waals surface area contributed by atoms with E-state index in [-0.39, 0.29) is 0 Å². The summed E-state index contributed by atoms with van der Waals surface area (Å²) in [6.07, 6.45) is 1.84. The summed E-state index contributed by atoms with van der Waals surface area (Å²) in [6.45, 7) is 4.21. The van der Waals surface area contributed by atoms with Crippen LogP contribution in [0.15, 0.2) is 53.1 Å². The van der Waals surface area contributed by atoms with Crippen LogP contribution >= 0.6 is 15.9 Å². The second kappa shape index (κ2) is 6.26. The van der Waals surface area contributed by atoms with Crippen molar-refractivity contribution in [3.63, 3.8) is 0 Å². The summed E-state index contributed by atoms with van der Waals surface area (Å²) in [5.74, 6) is 0. The van der Waals surface area contributed by atoms with E-state index in [0.717, 1.165) is 52.9 Å². The molecule has 1 fully saturated rings. The molecule has 4 nitrogen and oxygen atoms in total. The summed E-state index contributed by atoms with van der Waals surface area (Å²) in [5.41, 5.74) is 5.06. The van der Waals surface area contributed by atoms with Crippen LogP contribution in [0.3, 0.4) is 0 Å². The van der Waals surface area contributed by atoms with Crippen LogP contribution in [0.25, 0.3) is 22.3 Å². The zero-order valence-corrected chi connectivity index (χ0v) is 14.3. The van der Waals surface area contributed by atoms with E-state index in [4.69, 9.17) is 4.98 Å². The van der Waals surface area contributed by atoms with Gasteiger partial charge in [0.15, 0.2) is 0 Å². The quantitative estimate of drug-likeness (QED) is 0.751. The monoisotopic (exact) mass is 368 g/mol. The predicted molar refractivity (Wildman–Crippen MR) is 97.8 cm³/mol. The van der Waals surface area contributed by atoms with Crippen molar-refractivity contribution in [2.45, 2.75) is 0 Å². The van der Waals surface area contributed by atoms with Crippen molar-refractivity contribution in [1.82, 2.24) is 15.3 Å². The molecular weight excluding hydrogens is 352 g/mol. The Morgan fingerprint density at radius 1 is 1.00 bits per heavy atom. The van der Waals surface area contributed by atoms with E-state index in [1.165, 1.54) is 5.69 Å². The first-order valence-electron chi connectivity index (χ1n) is 7.79. The maximum atomic E-state index is 4.75. The van der Waals surface area contributed by atoms with Gasteiger partial charge in [0.1, 0.15) is 5.52 Å². The number of nitrogens with one attached hydrogen (secondary N) is 1. The lowest BCUT2D eigenvalue weighted by molar-refractivity contribution is 0.589. The van der Waals surface area contributed by atoms with Gasteiger partial charge in [-0.3, -0.25) is 4.98 Å². The van der Waals surface area contributed by atoms with Crippen molar-refractivity contribution in [2.75, 3.05) is 31.1 Å². The summed E-state index contributed by atoms with van der Waals surface area (Å²) < 4.78 is 0.974. The van der Waals surface area contributed by atoms with Gasteiger partial charge in [0.2, 0.25) is 0 Å². The first kappa shape index (κ1) is 14.6. The molecule has 1 N–H and O–H groups in total. The summed E-state index contributed by atoms with van der Waals surface area (Å²) in [6, 6.07) is 14.6. The van der Waals surface area contributed by atoms with Gasteiger partial charge in [-0.15, -0.1) is 0 Å². The van der Waals surface area contributed by atoms with Crippen molar-refractivity contribution < 1.29 is 0 Å². The molecule has 0 aliphatic carbocycles. The van der Waals surface area contributed by atoms with Crippen LogP contribution in [0.1, 0.15) is 0 Å². The maximum Gasteiger partial charge on any atom is 0.104 e. The molecule has 0 saturated carbocycles. The van der Waals surface area contributed by atoms with E-state index < -0.39 is 0 Å². The molecule has 23 heavy (non-hydrogen) atoms. The molecule has 1 aromatic heterocycles. The van der Waals surface area contributed by atoms with Crippen molar-refractivity contribution in [2.24, 2.45) is 0 Å². The smallest absolute Gasteiger partial charge is 0.104 e. The number of halogens is 1. The lowest BCUT2D eigenvalue weighted by Gasteiger charge is -2.29. The Kier molecular flexibility index (Phi) is 3.97. The van der Waals surface area contributed by atoms with E-state index in [1.54, 1.807) is 0 Å². The SMILES string of the molecule is Brc1cccc2ncc(-c3ccc(N4CCNCC4)cc3)nc12. The summed E-state index contributed by atoms with van der Waals surface area (Å²) in [5, 5.41) is 3.38. The Balaban J connectivity index is 1.66. The minimum atomic E-state index is 0.899. The van der Waals surface area contributed by atoms with E-state index >= 15 is 0 Å². The normalized spacial score (nSPS) is 15.1. The molecule has 0 amide bonds. The van der Waals surface area contributed by atoms with Gasteiger partial charge < -0.3 is 10.2 Å². The predicted octanol–water partition coefficient (Wildman–Crippen LogP) is 3.47. The third-order valence-electron chi connectivity index (χ3n) is 4.17. The third-order valence-corrected chi connectivity index (χ3v) is 4.81. The Morgan fingerprint density at radius 2 is 1.78 bits per heavy atom. The third kappa shape index (κ3) is 2.94. The topological polar surface area (TPSA) is 41.1 Å². The zero-order chi connectivity index (χ0) is 15.6. The van der Waals surface area contributed by atoms with Crippen molar-refractivity contribution >= 4 is 32.7 Å². The second-order valence-corrected chi connectivity index (χ2v) is 6.50. The van der Waals surface area contributed by atoms with Gasteiger partial charge in [-0.2, -0.15) is 0 Å². The van der Waals surface area contributed by atoms with Gasteiger partial charge >= 0.3 is 0 Å². The van der Waals surface area contributed by atoms with Gasteiger partial charge in [-0.05, 0) is 40.2 Å². The first-order valence-corrected chi connectivity index (χ1v) is 8.58. The van der Waals surface area contributed by atoms with Crippen molar-refractivity contribution in [3.05, 3.63) is 53.1 Å². The highest BCUT2D eigenvalue weighted by Gasteiger charge is 2.11. The van der Waals surface area contributed by atoms with Crippen molar-refractivity contribution in [3.8, 4) is 11.3 Å². The number of piperazine rings is 1. The number of anilines is 1. The van der Waals surface area contributed by atoms with Crippen molar-refractivity contribution in [1.29, 1.82) is 0 Å². The molecule has 0 unspecified atom stereocenters. The summed E-state index contributed by atoms with van der Waals surface area (Å²) in [4.78, 5) is 11.7. The number of benzene rings is 2. The van der Waals surface area contributed by atoms with Gasteiger partial charge in [0, 0.05) is 41.9 Å². The molecule has 116 valence electrons. The van der Waals surface area contributed by atoms with E-state index in [1.807, 2.05) is 24.4 Å². The fraction of sp³-hybridized carbons (Fsp3) is 0.222. The zero-order valence-electron chi connectivity index (χ0n) is 12.7. The van der Waals surface area contributed by atoms with Crippen LogP contribution in [-0.2, 0) is 0 Å². The van der Waals surface area contributed by atoms with Gasteiger partial charge in [0.25, 0.3) is 0 Å². The van der Waals surface area contributed by atoms with Crippen LogP contribution in [0, 0.1) is 0 Å². The highest BCUT2D eigenvalue weighted by molar-refractivity contribution is 9.10. The Morgan fingerprint density at radius 3 is 2.57 bits per heavy atom. The number of para-hydroxylation sites is 1. The van der Waals surface area contributed by atoms with E-state index in [0.29, 0.717) is 0 Å². The van der Waals surface area contributed by atoms with Crippen LogP contribution in [0.5, 0.6) is 0 Å². The lowest BCUT2D eigenvalue weighted by atomic mass is 10.1. The van der Waals surface area contributed by atoms with Gasteiger partial charge in [-0.25, -0.2) is 4.98 Å². The largest absolute Gasteiger partial charge is 0.369 e. The highest BCUT2D eigenvalue weighted by Crippen LogP contribution is 2.26. The minimum Gasteiger partial charge on any atom is -0.369 e. The van der Waals surface area contributed by atoms with Crippen LogP contribution in [0.2, 0.25) is 0 Å². The number of fused-ring (bicyclic) bond motifs is 1. The Hall–Kier alpha value is -1.98. The molecule has 0 atom stereocenters. The molecular formula is C18H17BrN4. The van der Waals surface area contributed by atoms with Crippen LogP contribution in [-0.4, -0.2) is 36.1 Å². The number of hydrogen-bond acceptors (Lipinski definition) is 4. The Bertz CT molecular complexity index is 826. The fourth-order valence-electron chi connectivity index (χ4n) is 2.90. The molecule has 1 aliphatic rings. The summed E-state index contributed by atoms with van der Waals surface area (Å²) >= 11 is 3.55. The molecule has 4 rings (SSSR count). The molecule has 2 aromatic carbocycles. The molecule has 0 bridgehead atoms. The highest BCUT2D eigenvalue weighted by atomic mass is 79.9. The average Bonchev–Trinajstić information content (AvgIpc) is 2.63. The standard InChI is InChI=1S/C18H17BrN4/c19-15-2-1-3-16-18(15)22-17(12-21-16)13-4-6-14(7-5-13)23-10-8-20-9-11-23/h1-7,12,20H,8-11H2. The molecule has 0 radical (unpaired) electrons. The summed E-state index contributed by atoms with van der Waals surface area (Å²) in [7, 11) is 0. The van der Waals surface area contributed by atoms with Gasteiger partial charge in [0.05, 0.1) is 17.4 Å². The molecule has 0 spiro atoms. The number of hydrogen-bond donors (Lipinski definition) is 1. The Labute approximate surface area is 143 Å². The second-order valence-electron chi connectivity index (χ2n) is 5.65. The fourth-order valence-corrected chi connectivity index (χ4v) is 3.35.